The van der Waals surface area contributed by atoms with Gasteiger partial charge < -0.3 is 15.1 Å². The van der Waals surface area contributed by atoms with Crippen molar-refractivity contribution in [1.82, 2.24) is 15.1 Å². The van der Waals surface area contributed by atoms with Crippen LogP contribution in [0, 0.1) is 11.3 Å². The van der Waals surface area contributed by atoms with Gasteiger partial charge in [0.2, 0.25) is 0 Å². The van der Waals surface area contributed by atoms with Crippen molar-refractivity contribution in [2.75, 3.05) is 32.7 Å². The summed E-state index contributed by atoms with van der Waals surface area (Å²) in [7, 11) is 0. The van der Waals surface area contributed by atoms with Crippen LogP contribution in [0.3, 0.4) is 0 Å². The molecule has 2 aliphatic heterocycles. The van der Waals surface area contributed by atoms with E-state index < -0.39 is 0 Å². The molecule has 2 saturated heterocycles. The molecule has 2 aromatic rings. The number of aryl methyl sites for hydroxylation is 1. The van der Waals surface area contributed by atoms with Crippen molar-refractivity contribution in [3.8, 4) is 11.1 Å². The Balaban J connectivity index is 1.21. The van der Waals surface area contributed by atoms with E-state index in [4.69, 9.17) is 0 Å². The molecule has 2 aliphatic rings. The number of allylic oxidation sites excluding steroid dienone is 2. The highest BCUT2D eigenvalue weighted by molar-refractivity contribution is 5.69. The summed E-state index contributed by atoms with van der Waals surface area (Å²) in [5, 5.41) is 3.74. The fraction of sp³-hybridized carbons (Fsp3) is 0.579. The van der Waals surface area contributed by atoms with Crippen LogP contribution in [0.5, 0.6) is 0 Å². The van der Waals surface area contributed by atoms with Crippen LogP contribution in [0.1, 0.15) is 97.1 Å². The largest absolute Gasteiger partial charge is 0.382 e. The van der Waals surface area contributed by atoms with Gasteiger partial charge in [-0.25, -0.2) is 0 Å². The van der Waals surface area contributed by atoms with Gasteiger partial charge in [-0.05, 0) is 98.0 Å². The topological polar surface area (TPSA) is 18.5 Å². The van der Waals surface area contributed by atoms with Gasteiger partial charge in [0.15, 0.2) is 0 Å². The minimum Gasteiger partial charge on any atom is -0.382 e. The number of benzene rings is 2. The van der Waals surface area contributed by atoms with Crippen LogP contribution < -0.4 is 5.32 Å². The predicted octanol–water partition coefficient (Wildman–Crippen LogP) is 9.16. The minimum atomic E-state index is 0.405. The van der Waals surface area contributed by atoms with Gasteiger partial charge in [0, 0.05) is 37.1 Å². The molecule has 0 unspecified atom stereocenters. The van der Waals surface area contributed by atoms with Gasteiger partial charge in [-0.15, -0.1) is 0 Å². The maximum absolute atomic E-state index is 4.39. The van der Waals surface area contributed by atoms with E-state index in [2.05, 4.69) is 111 Å². The molecule has 0 bridgehead atoms. The molecule has 4 rings (SSSR count). The maximum atomic E-state index is 4.39. The first-order valence-electron chi connectivity index (χ1n) is 16.6. The molecule has 0 amide bonds. The van der Waals surface area contributed by atoms with Crippen LogP contribution in [0.15, 0.2) is 66.9 Å². The van der Waals surface area contributed by atoms with Crippen LogP contribution in [0.4, 0.5) is 0 Å². The molecule has 41 heavy (non-hydrogen) atoms. The Morgan fingerprint density at radius 3 is 2.05 bits per heavy atom. The summed E-state index contributed by atoms with van der Waals surface area (Å²) < 4.78 is 0. The Morgan fingerprint density at radius 1 is 0.878 bits per heavy atom. The Morgan fingerprint density at radius 2 is 1.49 bits per heavy atom. The van der Waals surface area contributed by atoms with Crippen molar-refractivity contribution in [2.45, 2.75) is 98.4 Å². The van der Waals surface area contributed by atoms with Crippen molar-refractivity contribution in [3.05, 3.63) is 78.0 Å². The Kier molecular flexibility index (Phi) is 11.6. The Hall–Kier alpha value is -2.52. The molecule has 224 valence electrons. The van der Waals surface area contributed by atoms with Crippen LogP contribution in [0.25, 0.3) is 16.8 Å². The average Bonchev–Trinajstić information content (AvgIpc) is 2.97. The second-order valence-corrected chi connectivity index (χ2v) is 13.8. The molecule has 0 spiro atoms. The number of piperidine rings is 2. The third-order valence-electron chi connectivity index (χ3n) is 8.99. The van der Waals surface area contributed by atoms with Gasteiger partial charge in [-0.1, -0.05) is 102 Å². The van der Waals surface area contributed by atoms with Gasteiger partial charge in [-0.3, -0.25) is 0 Å². The van der Waals surface area contributed by atoms with E-state index in [9.17, 15) is 0 Å². The lowest BCUT2D eigenvalue weighted by Crippen LogP contribution is -2.41. The van der Waals surface area contributed by atoms with E-state index in [1.54, 1.807) is 5.70 Å². The lowest BCUT2D eigenvalue weighted by molar-refractivity contribution is 0.133. The minimum absolute atomic E-state index is 0.405. The molecule has 3 heteroatoms. The summed E-state index contributed by atoms with van der Waals surface area (Å²) in [5.41, 5.74) is 8.23. The third kappa shape index (κ3) is 9.77. The molecule has 0 aromatic heterocycles. The highest BCUT2D eigenvalue weighted by Gasteiger charge is 2.23. The molecule has 0 aliphatic carbocycles. The summed E-state index contributed by atoms with van der Waals surface area (Å²) >= 11 is 0. The number of hydrogen-bond donors (Lipinski definition) is 1. The van der Waals surface area contributed by atoms with Crippen LogP contribution in [-0.4, -0.2) is 48.6 Å². The second-order valence-electron chi connectivity index (χ2n) is 13.8. The standard InChI is InChI=1S/C38H57N3/c1-7-9-37(10-8-2)41-27-23-36(24-28-41)39-30(3)33-17-19-35(20-18-33)34-15-13-31(14-16-34)11-12-32-21-25-40(26-22-32)29-38(4,5)6/h9,13-20,32,36,39H,3,7-8,10-12,21-29H2,1-2,4-6H3/b37-9-. The fourth-order valence-corrected chi connectivity index (χ4v) is 6.72. The highest BCUT2D eigenvalue weighted by atomic mass is 15.2. The molecule has 0 saturated carbocycles. The van der Waals surface area contributed by atoms with Crippen molar-refractivity contribution in [3.63, 3.8) is 0 Å². The van der Waals surface area contributed by atoms with Crippen molar-refractivity contribution in [2.24, 2.45) is 11.3 Å². The van der Waals surface area contributed by atoms with Gasteiger partial charge in [0.05, 0.1) is 0 Å². The predicted molar refractivity (Wildman–Crippen MR) is 179 cm³/mol. The fourth-order valence-electron chi connectivity index (χ4n) is 6.72. The van der Waals surface area contributed by atoms with E-state index in [0.29, 0.717) is 11.5 Å². The molecule has 2 fully saturated rings. The molecule has 2 heterocycles. The molecule has 0 atom stereocenters. The summed E-state index contributed by atoms with van der Waals surface area (Å²) in [6.45, 7) is 22.0. The van der Waals surface area contributed by atoms with E-state index >= 15 is 0 Å². The Bertz CT molecular complexity index is 1090. The molecule has 1 N–H and O–H groups in total. The maximum Gasteiger partial charge on any atom is 0.0342 e. The van der Waals surface area contributed by atoms with Crippen LogP contribution in [0.2, 0.25) is 0 Å². The van der Waals surface area contributed by atoms with Crippen molar-refractivity contribution in [1.29, 1.82) is 0 Å². The van der Waals surface area contributed by atoms with Crippen LogP contribution in [-0.2, 0) is 6.42 Å². The second kappa shape index (κ2) is 15.1. The zero-order valence-electron chi connectivity index (χ0n) is 26.9. The number of hydrogen-bond acceptors (Lipinski definition) is 3. The quantitative estimate of drug-likeness (QED) is 0.282. The molecular weight excluding hydrogens is 498 g/mol. The lowest BCUT2D eigenvalue weighted by Gasteiger charge is -2.36. The van der Waals surface area contributed by atoms with Gasteiger partial charge in [0.1, 0.15) is 0 Å². The first-order valence-corrected chi connectivity index (χ1v) is 16.6. The summed E-state index contributed by atoms with van der Waals surface area (Å²) in [4.78, 5) is 5.27. The van der Waals surface area contributed by atoms with E-state index in [-0.39, 0.29) is 0 Å². The Labute approximate surface area is 252 Å². The first kappa shape index (κ1) is 31.4. The average molecular weight is 556 g/mol. The zero-order valence-corrected chi connectivity index (χ0v) is 26.9. The smallest absolute Gasteiger partial charge is 0.0342 e. The number of likely N-dealkylation sites (tertiary alicyclic amines) is 2. The molecule has 0 radical (unpaired) electrons. The van der Waals surface area contributed by atoms with Gasteiger partial charge >= 0.3 is 0 Å². The lowest BCUT2D eigenvalue weighted by atomic mass is 9.88. The molecular formula is C38H57N3. The summed E-state index contributed by atoms with van der Waals surface area (Å²) in [5.74, 6) is 0.879. The molecule has 2 aromatic carbocycles. The molecule has 3 nitrogen and oxygen atoms in total. The normalized spacial score (nSPS) is 18.1. The van der Waals surface area contributed by atoms with Gasteiger partial charge in [-0.2, -0.15) is 0 Å². The summed E-state index contributed by atoms with van der Waals surface area (Å²) in [6.07, 6.45) is 13.5. The monoisotopic (exact) mass is 555 g/mol. The van der Waals surface area contributed by atoms with E-state index in [1.807, 2.05) is 0 Å². The van der Waals surface area contributed by atoms with Gasteiger partial charge in [0.25, 0.3) is 0 Å². The number of nitrogens with zero attached hydrogens (tertiary/aromatic N) is 2. The van der Waals surface area contributed by atoms with Crippen molar-refractivity contribution < 1.29 is 0 Å². The third-order valence-corrected chi connectivity index (χ3v) is 8.99. The van der Waals surface area contributed by atoms with Crippen LogP contribution >= 0.6 is 0 Å². The first-order chi connectivity index (χ1) is 19.7. The number of nitrogens with one attached hydrogen (secondary N) is 1. The zero-order chi connectivity index (χ0) is 29.2. The highest BCUT2D eigenvalue weighted by Crippen LogP contribution is 2.27. The summed E-state index contributed by atoms with van der Waals surface area (Å²) in [6, 6.07) is 18.7. The SMILES string of the molecule is C=C(NC1CCN(/C(=C\CC)CCC)CC1)c1ccc(-c2ccc(CCC3CCN(CC(C)(C)C)CC3)cc2)cc1. The van der Waals surface area contributed by atoms with Crippen molar-refractivity contribution >= 4 is 5.70 Å². The van der Waals surface area contributed by atoms with E-state index in [1.165, 1.54) is 93.3 Å². The van der Waals surface area contributed by atoms with E-state index in [0.717, 1.165) is 31.1 Å². The number of rotatable bonds is 12.